The van der Waals surface area contributed by atoms with Gasteiger partial charge in [-0.3, -0.25) is 0 Å². The van der Waals surface area contributed by atoms with Gasteiger partial charge in [-0.15, -0.1) is 0 Å². The Morgan fingerprint density at radius 1 is 1.37 bits per heavy atom. The molecular weight excluding hydrogens is 236 g/mol. The topological polar surface area (TPSA) is 28.4 Å². The van der Waals surface area contributed by atoms with Gasteiger partial charge < -0.3 is 14.6 Å². The molecule has 2 saturated heterocycles. The fourth-order valence-electron chi connectivity index (χ4n) is 3.93. The van der Waals surface area contributed by atoms with E-state index in [0.29, 0.717) is 12.1 Å². The minimum Gasteiger partial charge on any atom is -0.468 e. The second kappa shape index (κ2) is 5.68. The lowest BCUT2D eigenvalue weighted by molar-refractivity contribution is 0.0448. The van der Waals surface area contributed by atoms with Crippen molar-refractivity contribution in [3.63, 3.8) is 0 Å². The first-order valence-electron chi connectivity index (χ1n) is 7.79. The third-order valence-corrected chi connectivity index (χ3v) is 5.07. The molecule has 19 heavy (non-hydrogen) atoms. The molecule has 0 amide bonds. The van der Waals surface area contributed by atoms with Gasteiger partial charge in [0.25, 0.3) is 0 Å². The van der Waals surface area contributed by atoms with Crippen LogP contribution in [0.4, 0.5) is 0 Å². The van der Waals surface area contributed by atoms with E-state index in [-0.39, 0.29) is 0 Å². The standard InChI is InChI=1S/C16H26N2O/c1-3-15(16-8-5-9-19-16)17-12-10-13-6-4-7-14(11-12)18(13)2/h5,8-9,12-15,17H,3-4,6-7,10-11H2,1-2H3. The molecule has 106 valence electrons. The molecule has 2 fully saturated rings. The summed E-state index contributed by atoms with van der Waals surface area (Å²) >= 11 is 0. The number of furan rings is 1. The van der Waals surface area contributed by atoms with Crippen LogP contribution in [0.15, 0.2) is 22.8 Å². The van der Waals surface area contributed by atoms with Gasteiger partial charge in [0.2, 0.25) is 0 Å². The van der Waals surface area contributed by atoms with Gasteiger partial charge in [0.1, 0.15) is 5.76 Å². The molecule has 2 aliphatic heterocycles. The van der Waals surface area contributed by atoms with E-state index < -0.39 is 0 Å². The van der Waals surface area contributed by atoms with E-state index in [0.717, 1.165) is 24.3 Å². The van der Waals surface area contributed by atoms with E-state index in [4.69, 9.17) is 4.42 Å². The summed E-state index contributed by atoms with van der Waals surface area (Å²) in [6.07, 6.45) is 9.64. The number of nitrogens with one attached hydrogen (secondary N) is 1. The third kappa shape index (κ3) is 2.72. The highest BCUT2D eigenvalue weighted by atomic mass is 16.3. The molecule has 3 rings (SSSR count). The van der Waals surface area contributed by atoms with Gasteiger partial charge >= 0.3 is 0 Å². The zero-order valence-electron chi connectivity index (χ0n) is 12.1. The minimum atomic E-state index is 0.379. The smallest absolute Gasteiger partial charge is 0.120 e. The lowest BCUT2D eigenvalue weighted by Gasteiger charge is -2.47. The van der Waals surface area contributed by atoms with Crippen molar-refractivity contribution >= 4 is 0 Å². The Morgan fingerprint density at radius 3 is 2.68 bits per heavy atom. The van der Waals surface area contributed by atoms with E-state index in [9.17, 15) is 0 Å². The molecule has 3 unspecified atom stereocenters. The number of hydrogen-bond acceptors (Lipinski definition) is 3. The fraction of sp³-hybridized carbons (Fsp3) is 0.750. The summed E-state index contributed by atoms with van der Waals surface area (Å²) in [4.78, 5) is 2.62. The van der Waals surface area contributed by atoms with Gasteiger partial charge in [0, 0.05) is 18.1 Å². The van der Waals surface area contributed by atoms with E-state index in [1.54, 1.807) is 6.26 Å². The van der Waals surface area contributed by atoms with Crippen molar-refractivity contribution in [1.29, 1.82) is 0 Å². The van der Waals surface area contributed by atoms with Crippen LogP contribution in [-0.2, 0) is 0 Å². The maximum Gasteiger partial charge on any atom is 0.120 e. The van der Waals surface area contributed by atoms with Crippen LogP contribution < -0.4 is 5.32 Å². The highest BCUT2D eigenvalue weighted by molar-refractivity contribution is 5.05. The van der Waals surface area contributed by atoms with Gasteiger partial charge in [-0.1, -0.05) is 13.3 Å². The quantitative estimate of drug-likeness (QED) is 0.902. The average Bonchev–Trinajstić information content (AvgIpc) is 2.90. The van der Waals surface area contributed by atoms with Crippen molar-refractivity contribution in [3.8, 4) is 0 Å². The molecule has 0 aliphatic carbocycles. The average molecular weight is 262 g/mol. The molecule has 3 heteroatoms. The summed E-state index contributed by atoms with van der Waals surface area (Å²) in [5, 5.41) is 3.84. The van der Waals surface area contributed by atoms with Gasteiger partial charge in [0.05, 0.1) is 12.3 Å². The molecule has 2 aliphatic rings. The van der Waals surface area contributed by atoms with Crippen molar-refractivity contribution in [1.82, 2.24) is 10.2 Å². The third-order valence-electron chi connectivity index (χ3n) is 5.07. The summed E-state index contributed by atoms with van der Waals surface area (Å²) in [7, 11) is 2.31. The molecule has 1 N–H and O–H groups in total. The van der Waals surface area contributed by atoms with Crippen LogP contribution >= 0.6 is 0 Å². The van der Waals surface area contributed by atoms with Crippen LogP contribution in [0, 0.1) is 0 Å². The molecule has 0 radical (unpaired) electrons. The lowest BCUT2D eigenvalue weighted by atomic mass is 9.82. The predicted molar refractivity (Wildman–Crippen MR) is 77.1 cm³/mol. The molecule has 0 spiro atoms. The maximum absolute atomic E-state index is 5.57. The number of hydrogen-bond donors (Lipinski definition) is 1. The van der Waals surface area contributed by atoms with Crippen LogP contribution in [0.5, 0.6) is 0 Å². The Bertz CT molecular complexity index is 375. The first kappa shape index (κ1) is 13.2. The Labute approximate surface area is 116 Å². The second-order valence-corrected chi connectivity index (χ2v) is 6.22. The molecule has 3 atom stereocenters. The lowest BCUT2D eigenvalue weighted by Crippen LogP contribution is -2.54. The zero-order chi connectivity index (χ0) is 13.2. The molecule has 1 aromatic heterocycles. The maximum atomic E-state index is 5.57. The summed E-state index contributed by atoms with van der Waals surface area (Å²) < 4.78 is 5.57. The molecule has 1 aromatic rings. The Hall–Kier alpha value is -0.800. The van der Waals surface area contributed by atoms with E-state index in [2.05, 4.69) is 30.3 Å². The van der Waals surface area contributed by atoms with Crippen molar-refractivity contribution in [3.05, 3.63) is 24.2 Å². The normalized spacial score (nSPS) is 33.3. The Kier molecular flexibility index (Phi) is 3.94. The number of rotatable bonds is 4. The summed E-state index contributed by atoms with van der Waals surface area (Å²) in [5.41, 5.74) is 0. The highest BCUT2D eigenvalue weighted by Crippen LogP contribution is 2.33. The molecule has 3 heterocycles. The predicted octanol–water partition coefficient (Wildman–Crippen LogP) is 3.34. The number of fused-ring (bicyclic) bond motifs is 2. The number of nitrogens with zero attached hydrogens (tertiary/aromatic N) is 1. The SMILES string of the molecule is CCC(NC1CC2CCCC(C1)N2C)c1ccco1. The summed E-state index contributed by atoms with van der Waals surface area (Å²) in [5.74, 6) is 1.09. The van der Waals surface area contributed by atoms with Crippen LogP contribution in [0.25, 0.3) is 0 Å². The molecule has 3 nitrogen and oxygen atoms in total. The first-order chi connectivity index (χ1) is 9.28. The zero-order valence-corrected chi connectivity index (χ0v) is 12.1. The van der Waals surface area contributed by atoms with Gasteiger partial charge in [0.15, 0.2) is 0 Å². The fourth-order valence-corrected chi connectivity index (χ4v) is 3.93. The molecule has 0 saturated carbocycles. The Balaban J connectivity index is 1.64. The first-order valence-corrected chi connectivity index (χ1v) is 7.79. The van der Waals surface area contributed by atoms with Gasteiger partial charge in [-0.25, -0.2) is 0 Å². The second-order valence-electron chi connectivity index (χ2n) is 6.22. The van der Waals surface area contributed by atoms with Crippen molar-refractivity contribution in [2.24, 2.45) is 0 Å². The summed E-state index contributed by atoms with van der Waals surface area (Å²) in [6.45, 7) is 2.23. The monoisotopic (exact) mass is 262 g/mol. The molecule has 2 bridgehead atoms. The van der Waals surface area contributed by atoms with E-state index in [1.165, 1.54) is 32.1 Å². The van der Waals surface area contributed by atoms with Crippen LogP contribution in [0.1, 0.15) is 57.3 Å². The molecular formula is C16H26N2O. The highest BCUT2D eigenvalue weighted by Gasteiger charge is 2.36. The van der Waals surface area contributed by atoms with Crippen molar-refractivity contribution in [2.45, 2.75) is 69.6 Å². The Morgan fingerprint density at radius 2 is 2.11 bits per heavy atom. The van der Waals surface area contributed by atoms with Crippen LogP contribution in [0.2, 0.25) is 0 Å². The van der Waals surface area contributed by atoms with Gasteiger partial charge in [-0.05, 0) is 51.3 Å². The molecule has 0 aromatic carbocycles. The van der Waals surface area contributed by atoms with E-state index >= 15 is 0 Å². The summed E-state index contributed by atoms with van der Waals surface area (Å²) in [6, 6.07) is 6.70. The van der Waals surface area contributed by atoms with Crippen LogP contribution in [0.3, 0.4) is 0 Å². The van der Waals surface area contributed by atoms with Crippen LogP contribution in [-0.4, -0.2) is 30.1 Å². The van der Waals surface area contributed by atoms with E-state index in [1.807, 2.05) is 6.07 Å². The van der Waals surface area contributed by atoms with Crippen molar-refractivity contribution in [2.75, 3.05) is 7.05 Å². The van der Waals surface area contributed by atoms with Gasteiger partial charge in [-0.2, -0.15) is 0 Å². The number of piperidine rings is 2. The van der Waals surface area contributed by atoms with Crippen molar-refractivity contribution < 1.29 is 4.42 Å². The largest absolute Gasteiger partial charge is 0.468 e. The minimum absolute atomic E-state index is 0.379.